The van der Waals surface area contributed by atoms with Crippen molar-refractivity contribution in [2.24, 2.45) is 0 Å². The third kappa shape index (κ3) is 5.81. The smallest absolute Gasteiger partial charge is 0.243 e. The lowest BCUT2D eigenvalue weighted by molar-refractivity contribution is -0.121. The van der Waals surface area contributed by atoms with Crippen molar-refractivity contribution in [2.75, 3.05) is 20.2 Å². The number of carbonyl (C=O) groups is 1. The first-order chi connectivity index (χ1) is 14.0. The molecule has 0 unspecified atom stereocenters. The average molecular weight is 417 g/mol. The molecule has 29 heavy (non-hydrogen) atoms. The number of nitrogens with one attached hydrogen (secondary N) is 1. The molecule has 1 N–H and O–H groups in total. The van der Waals surface area contributed by atoms with Crippen LogP contribution in [0.15, 0.2) is 53.4 Å². The van der Waals surface area contributed by atoms with Gasteiger partial charge in [0.2, 0.25) is 15.9 Å². The van der Waals surface area contributed by atoms with Crippen LogP contribution in [-0.4, -0.2) is 38.8 Å². The Labute approximate surface area is 172 Å². The fourth-order valence-corrected chi connectivity index (χ4v) is 4.93. The first-order valence-electron chi connectivity index (χ1n) is 9.98. The van der Waals surface area contributed by atoms with Crippen LogP contribution in [0.2, 0.25) is 0 Å². The maximum atomic E-state index is 12.7. The Balaban J connectivity index is 1.50. The standard InChI is InChI=1S/C22H28N2O4S/c1-28-20-7-5-6-18(16-20)10-13-22(25)23-17-19-8-11-21(12-9-19)29(26,27)24-14-3-2-4-15-24/h5-9,11-12,16H,2-4,10,13-15,17H2,1H3,(H,23,25). The number of hydrogen-bond acceptors (Lipinski definition) is 4. The Morgan fingerprint density at radius 2 is 1.76 bits per heavy atom. The second-order valence-electron chi connectivity index (χ2n) is 7.24. The summed E-state index contributed by atoms with van der Waals surface area (Å²) in [7, 11) is -1.80. The van der Waals surface area contributed by atoms with Crippen LogP contribution in [0.25, 0.3) is 0 Å². The Morgan fingerprint density at radius 3 is 2.45 bits per heavy atom. The van der Waals surface area contributed by atoms with E-state index in [1.54, 1.807) is 35.7 Å². The molecule has 1 saturated heterocycles. The van der Waals surface area contributed by atoms with E-state index in [0.29, 0.717) is 37.4 Å². The van der Waals surface area contributed by atoms with E-state index in [0.717, 1.165) is 36.1 Å². The molecular weight excluding hydrogens is 388 g/mol. The Kier molecular flexibility index (Phi) is 7.28. The van der Waals surface area contributed by atoms with Crippen molar-refractivity contribution in [1.29, 1.82) is 0 Å². The zero-order valence-electron chi connectivity index (χ0n) is 16.8. The molecule has 2 aromatic carbocycles. The minimum atomic E-state index is -3.42. The molecule has 1 fully saturated rings. The maximum Gasteiger partial charge on any atom is 0.243 e. The van der Waals surface area contributed by atoms with Gasteiger partial charge in [-0.3, -0.25) is 4.79 Å². The summed E-state index contributed by atoms with van der Waals surface area (Å²) >= 11 is 0. The van der Waals surface area contributed by atoms with Crippen molar-refractivity contribution in [1.82, 2.24) is 9.62 Å². The molecule has 0 radical (unpaired) electrons. The number of nitrogens with zero attached hydrogens (tertiary/aromatic N) is 1. The van der Waals surface area contributed by atoms with Crippen LogP contribution < -0.4 is 10.1 Å². The van der Waals surface area contributed by atoms with Crippen molar-refractivity contribution in [3.8, 4) is 5.75 Å². The molecule has 0 spiro atoms. The van der Waals surface area contributed by atoms with Crippen molar-refractivity contribution in [2.45, 2.75) is 43.5 Å². The Morgan fingerprint density at radius 1 is 1.03 bits per heavy atom. The number of benzene rings is 2. The van der Waals surface area contributed by atoms with Gasteiger partial charge < -0.3 is 10.1 Å². The van der Waals surface area contributed by atoms with Gasteiger partial charge in [-0.05, 0) is 54.7 Å². The van der Waals surface area contributed by atoms with Crippen molar-refractivity contribution in [3.63, 3.8) is 0 Å². The van der Waals surface area contributed by atoms with E-state index in [1.807, 2.05) is 24.3 Å². The van der Waals surface area contributed by atoms with E-state index in [9.17, 15) is 13.2 Å². The maximum absolute atomic E-state index is 12.7. The zero-order chi connectivity index (χ0) is 20.7. The van der Waals surface area contributed by atoms with Gasteiger partial charge in [-0.15, -0.1) is 0 Å². The highest BCUT2D eigenvalue weighted by Crippen LogP contribution is 2.21. The number of aryl methyl sites for hydroxylation is 1. The predicted octanol–water partition coefficient (Wildman–Crippen LogP) is 3.12. The molecule has 0 aliphatic carbocycles. The van der Waals surface area contributed by atoms with Crippen LogP contribution in [0.1, 0.15) is 36.8 Å². The number of sulfonamides is 1. The molecule has 6 nitrogen and oxygen atoms in total. The van der Waals surface area contributed by atoms with Gasteiger partial charge in [0.15, 0.2) is 0 Å². The lowest BCUT2D eigenvalue weighted by Gasteiger charge is -2.25. The molecule has 0 aromatic heterocycles. The summed E-state index contributed by atoms with van der Waals surface area (Å²) in [5.74, 6) is 0.736. The summed E-state index contributed by atoms with van der Waals surface area (Å²) in [5, 5.41) is 2.89. The van der Waals surface area contributed by atoms with Gasteiger partial charge in [0.25, 0.3) is 0 Å². The number of amides is 1. The van der Waals surface area contributed by atoms with Crippen molar-refractivity contribution >= 4 is 15.9 Å². The van der Waals surface area contributed by atoms with E-state index in [-0.39, 0.29) is 5.91 Å². The molecule has 1 amide bonds. The first-order valence-corrected chi connectivity index (χ1v) is 11.4. The quantitative estimate of drug-likeness (QED) is 0.717. The molecule has 1 heterocycles. The number of piperidine rings is 1. The highest BCUT2D eigenvalue weighted by atomic mass is 32.2. The van der Waals surface area contributed by atoms with Crippen LogP contribution in [0.4, 0.5) is 0 Å². The monoisotopic (exact) mass is 416 g/mol. The van der Waals surface area contributed by atoms with Crippen LogP contribution >= 0.6 is 0 Å². The van der Waals surface area contributed by atoms with Crippen molar-refractivity contribution < 1.29 is 17.9 Å². The lowest BCUT2D eigenvalue weighted by Crippen LogP contribution is -2.35. The van der Waals surface area contributed by atoms with Gasteiger partial charge in [0, 0.05) is 26.1 Å². The van der Waals surface area contributed by atoms with E-state index < -0.39 is 10.0 Å². The van der Waals surface area contributed by atoms with Crippen LogP contribution in [-0.2, 0) is 27.8 Å². The van der Waals surface area contributed by atoms with Gasteiger partial charge in [-0.2, -0.15) is 4.31 Å². The highest BCUT2D eigenvalue weighted by molar-refractivity contribution is 7.89. The van der Waals surface area contributed by atoms with E-state index in [2.05, 4.69) is 5.32 Å². The zero-order valence-corrected chi connectivity index (χ0v) is 17.6. The molecule has 0 atom stereocenters. The molecule has 7 heteroatoms. The average Bonchev–Trinajstić information content (AvgIpc) is 2.77. The van der Waals surface area contributed by atoms with Crippen LogP contribution in [0.5, 0.6) is 5.75 Å². The highest BCUT2D eigenvalue weighted by Gasteiger charge is 2.25. The van der Waals surface area contributed by atoms with E-state index in [1.165, 1.54) is 0 Å². The fourth-order valence-electron chi connectivity index (χ4n) is 3.41. The topological polar surface area (TPSA) is 75.7 Å². The number of rotatable bonds is 8. The molecule has 1 aliphatic heterocycles. The number of ether oxygens (including phenoxy) is 1. The SMILES string of the molecule is COc1cccc(CCC(=O)NCc2ccc(S(=O)(=O)N3CCCCC3)cc2)c1. The molecule has 1 aliphatic rings. The summed E-state index contributed by atoms with van der Waals surface area (Å²) in [6.07, 6.45) is 3.94. The minimum Gasteiger partial charge on any atom is -0.497 e. The number of carbonyl (C=O) groups excluding carboxylic acids is 1. The van der Waals surface area contributed by atoms with Crippen molar-refractivity contribution in [3.05, 3.63) is 59.7 Å². The number of methoxy groups -OCH3 is 1. The summed E-state index contributed by atoms with van der Waals surface area (Å²) in [4.78, 5) is 12.4. The largest absolute Gasteiger partial charge is 0.497 e. The van der Waals surface area contributed by atoms with Crippen LogP contribution in [0.3, 0.4) is 0 Å². The van der Waals surface area contributed by atoms with E-state index in [4.69, 9.17) is 4.74 Å². The van der Waals surface area contributed by atoms with Gasteiger partial charge >= 0.3 is 0 Å². The fraction of sp³-hybridized carbons (Fsp3) is 0.409. The minimum absolute atomic E-state index is 0.0437. The second-order valence-corrected chi connectivity index (χ2v) is 9.17. The summed E-state index contributed by atoms with van der Waals surface area (Å²) < 4.78 is 32.1. The van der Waals surface area contributed by atoms with Gasteiger partial charge in [0.1, 0.15) is 5.75 Å². The summed E-state index contributed by atoms with van der Waals surface area (Å²) in [6.45, 7) is 1.56. The molecule has 0 saturated carbocycles. The molecule has 3 rings (SSSR count). The summed E-state index contributed by atoms with van der Waals surface area (Å²) in [6, 6.07) is 14.5. The molecular formula is C22H28N2O4S. The van der Waals surface area contributed by atoms with Gasteiger partial charge in [-0.1, -0.05) is 30.7 Å². The molecule has 0 bridgehead atoms. The Bertz CT molecular complexity index is 920. The van der Waals surface area contributed by atoms with Gasteiger partial charge in [0.05, 0.1) is 12.0 Å². The third-order valence-electron chi connectivity index (χ3n) is 5.14. The molecule has 2 aromatic rings. The predicted molar refractivity (Wildman–Crippen MR) is 112 cm³/mol. The van der Waals surface area contributed by atoms with E-state index >= 15 is 0 Å². The van der Waals surface area contributed by atoms with Crippen LogP contribution in [0, 0.1) is 0 Å². The molecule has 156 valence electrons. The second kappa shape index (κ2) is 9.89. The lowest BCUT2D eigenvalue weighted by atomic mass is 10.1. The number of hydrogen-bond donors (Lipinski definition) is 1. The Hall–Kier alpha value is -2.38. The van der Waals surface area contributed by atoms with Gasteiger partial charge in [-0.25, -0.2) is 8.42 Å². The summed E-state index contributed by atoms with van der Waals surface area (Å²) in [5.41, 5.74) is 1.92. The first kappa shape index (κ1) is 21.3. The third-order valence-corrected chi connectivity index (χ3v) is 7.05. The normalized spacial score (nSPS) is 15.1.